The Morgan fingerprint density at radius 2 is 2.38 bits per heavy atom. The van der Waals surface area contributed by atoms with Crippen molar-refractivity contribution in [3.05, 3.63) is 34.2 Å². The second-order valence-corrected chi connectivity index (χ2v) is 3.98. The van der Waals surface area contributed by atoms with Crippen LogP contribution in [0.15, 0.2) is 23.3 Å². The Labute approximate surface area is 93.5 Å². The molecule has 1 saturated heterocycles. The predicted octanol–water partition coefficient (Wildman–Crippen LogP) is -0.191. The van der Waals surface area contributed by atoms with Crippen LogP contribution in [0.3, 0.4) is 0 Å². The van der Waals surface area contributed by atoms with Crippen LogP contribution in [-0.2, 0) is 0 Å². The molecule has 0 aromatic carbocycles. The van der Waals surface area contributed by atoms with Crippen LogP contribution in [0.1, 0.15) is 16.8 Å². The predicted molar refractivity (Wildman–Crippen MR) is 60.4 cm³/mol. The molecule has 2 rings (SSSR count). The summed E-state index contributed by atoms with van der Waals surface area (Å²) in [4.78, 5) is 27.9. The molecular formula is C11H15N3O2. The molecular weight excluding hydrogens is 206 g/mol. The molecule has 1 aromatic heterocycles. The van der Waals surface area contributed by atoms with Crippen molar-refractivity contribution in [1.82, 2.24) is 15.2 Å². The van der Waals surface area contributed by atoms with Gasteiger partial charge in [-0.15, -0.1) is 0 Å². The number of aromatic amines is 1. The summed E-state index contributed by atoms with van der Waals surface area (Å²) in [6.07, 6.45) is 3.92. The highest BCUT2D eigenvalue weighted by Crippen LogP contribution is 2.08. The molecule has 1 fully saturated rings. The number of pyridine rings is 1. The average molecular weight is 221 g/mol. The molecule has 1 unspecified atom stereocenters. The molecule has 16 heavy (non-hydrogen) atoms. The van der Waals surface area contributed by atoms with Gasteiger partial charge in [0.05, 0.1) is 0 Å². The first-order chi connectivity index (χ1) is 7.70. The van der Waals surface area contributed by atoms with E-state index in [-0.39, 0.29) is 22.9 Å². The minimum Gasteiger partial charge on any atom is -0.367 e. The molecule has 0 bridgehead atoms. The maximum atomic E-state index is 12.0. The fourth-order valence-corrected chi connectivity index (χ4v) is 1.91. The standard InChI is InChI=1S/C11H15N3O2/c1-14(8-2-4-12-6-8)11(16)9-7-13-5-3-10(9)15/h3,5,7-8,12H,2,4,6H2,1H3,(H,13,15). The van der Waals surface area contributed by atoms with Crippen LogP contribution in [0.4, 0.5) is 0 Å². The largest absolute Gasteiger partial charge is 0.367 e. The van der Waals surface area contributed by atoms with Gasteiger partial charge in [-0.3, -0.25) is 9.59 Å². The Kier molecular flexibility index (Phi) is 3.05. The van der Waals surface area contributed by atoms with Crippen molar-refractivity contribution in [3.8, 4) is 0 Å². The van der Waals surface area contributed by atoms with E-state index in [4.69, 9.17) is 0 Å². The SMILES string of the molecule is CN(C(=O)c1c[nH]ccc1=O)C1CCNC1. The van der Waals surface area contributed by atoms with Gasteiger partial charge in [-0.1, -0.05) is 0 Å². The van der Waals surface area contributed by atoms with Crippen molar-refractivity contribution in [1.29, 1.82) is 0 Å². The number of H-pyrrole nitrogens is 1. The summed E-state index contributed by atoms with van der Waals surface area (Å²) in [6, 6.07) is 1.56. The number of amides is 1. The van der Waals surface area contributed by atoms with E-state index in [1.165, 1.54) is 18.5 Å². The molecule has 5 heteroatoms. The van der Waals surface area contributed by atoms with Crippen LogP contribution in [0.2, 0.25) is 0 Å². The monoisotopic (exact) mass is 221 g/mol. The van der Waals surface area contributed by atoms with E-state index in [0.29, 0.717) is 0 Å². The third-order valence-electron chi connectivity index (χ3n) is 2.96. The molecule has 1 aliphatic heterocycles. The van der Waals surface area contributed by atoms with Crippen LogP contribution in [0.25, 0.3) is 0 Å². The summed E-state index contributed by atoms with van der Waals surface area (Å²) in [7, 11) is 1.74. The van der Waals surface area contributed by atoms with Gasteiger partial charge in [0, 0.05) is 38.1 Å². The lowest BCUT2D eigenvalue weighted by atomic mass is 10.2. The fraction of sp³-hybridized carbons (Fsp3) is 0.455. The van der Waals surface area contributed by atoms with Gasteiger partial charge < -0.3 is 15.2 Å². The van der Waals surface area contributed by atoms with Gasteiger partial charge in [-0.2, -0.15) is 0 Å². The lowest BCUT2D eigenvalue weighted by molar-refractivity contribution is 0.0742. The Hall–Kier alpha value is -1.62. The second-order valence-electron chi connectivity index (χ2n) is 3.98. The molecule has 0 aliphatic carbocycles. The number of carbonyl (C=O) groups excluding carboxylic acids is 1. The van der Waals surface area contributed by atoms with Crippen molar-refractivity contribution in [3.63, 3.8) is 0 Å². The zero-order valence-corrected chi connectivity index (χ0v) is 9.19. The molecule has 2 heterocycles. The number of nitrogens with zero attached hydrogens (tertiary/aromatic N) is 1. The Morgan fingerprint density at radius 3 is 3.00 bits per heavy atom. The molecule has 86 valence electrons. The van der Waals surface area contributed by atoms with Gasteiger partial charge >= 0.3 is 0 Å². The second kappa shape index (κ2) is 4.49. The molecule has 0 saturated carbocycles. The van der Waals surface area contributed by atoms with Crippen molar-refractivity contribution < 1.29 is 4.79 Å². The maximum absolute atomic E-state index is 12.0. The van der Waals surface area contributed by atoms with Gasteiger partial charge in [-0.05, 0) is 13.0 Å². The summed E-state index contributed by atoms with van der Waals surface area (Å²) >= 11 is 0. The van der Waals surface area contributed by atoms with Crippen LogP contribution < -0.4 is 10.7 Å². The van der Waals surface area contributed by atoms with Gasteiger partial charge in [0.25, 0.3) is 5.91 Å². The van der Waals surface area contributed by atoms with Crippen LogP contribution in [0.5, 0.6) is 0 Å². The first-order valence-corrected chi connectivity index (χ1v) is 5.35. The van der Waals surface area contributed by atoms with Crippen LogP contribution >= 0.6 is 0 Å². The zero-order chi connectivity index (χ0) is 11.5. The third-order valence-corrected chi connectivity index (χ3v) is 2.96. The normalized spacial score (nSPS) is 19.7. The number of hydrogen-bond acceptors (Lipinski definition) is 3. The zero-order valence-electron chi connectivity index (χ0n) is 9.19. The molecule has 1 aromatic rings. The Balaban J connectivity index is 2.18. The average Bonchev–Trinajstić information content (AvgIpc) is 2.81. The highest BCUT2D eigenvalue weighted by atomic mass is 16.2. The molecule has 1 amide bonds. The first-order valence-electron chi connectivity index (χ1n) is 5.35. The van der Waals surface area contributed by atoms with Crippen LogP contribution in [-0.4, -0.2) is 42.0 Å². The van der Waals surface area contributed by atoms with Gasteiger partial charge in [0.15, 0.2) is 5.43 Å². The van der Waals surface area contributed by atoms with Crippen LogP contribution in [0, 0.1) is 0 Å². The third kappa shape index (κ3) is 1.99. The number of rotatable bonds is 2. The summed E-state index contributed by atoms with van der Waals surface area (Å²) in [5.41, 5.74) is -0.0292. The molecule has 0 spiro atoms. The number of hydrogen-bond donors (Lipinski definition) is 2. The topological polar surface area (TPSA) is 65.2 Å². The first kappa shape index (κ1) is 10.9. The smallest absolute Gasteiger partial charge is 0.259 e. The van der Waals surface area contributed by atoms with E-state index in [9.17, 15) is 9.59 Å². The molecule has 1 aliphatic rings. The molecule has 0 radical (unpaired) electrons. The van der Waals surface area contributed by atoms with Crippen molar-refractivity contribution in [2.45, 2.75) is 12.5 Å². The number of aromatic nitrogens is 1. The van der Waals surface area contributed by atoms with Crippen molar-refractivity contribution >= 4 is 5.91 Å². The molecule has 2 N–H and O–H groups in total. The van der Waals surface area contributed by atoms with Gasteiger partial charge in [-0.25, -0.2) is 0 Å². The van der Waals surface area contributed by atoms with E-state index in [1.807, 2.05) is 0 Å². The highest BCUT2D eigenvalue weighted by Gasteiger charge is 2.25. The highest BCUT2D eigenvalue weighted by molar-refractivity contribution is 5.93. The summed E-state index contributed by atoms with van der Waals surface area (Å²) in [6.45, 7) is 1.72. The van der Waals surface area contributed by atoms with E-state index < -0.39 is 0 Å². The molecule has 5 nitrogen and oxygen atoms in total. The summed E-state index contributed by atoms with van der Waals surface area (Å²) < 4.78 is 0. The lowest BCUT2D eigenvalue weighted by Crippen LogP contribution is -2.40. The van der Waals surface area contributed by atoms with E-state index >= 15 is 0 Å². The molecule has 1 atom stereocenters. The van der Waals surface area contributed by atoms with Crippen molar-refractivity contribution in [2.75, 3.05) is 20.1 Å². The Morgan fingerprint density at radius 1 is 1.56 bits per heavy atom. The Bertz CT molecular complexity index is 435. The van der Waals surface area contributed by atoms with E-state index in [2.05, 4.69) is 10.3 Å². The van der Waals surface area contributed by atoms with Gasteiger partial charge in [0.1, 0.15) is 5.56 Å². The number of likely N-dealkylation sites (N-methyl/N-ethyl adjacent to an activating group) is 1. The summed E-state index contributed by atoms with van der Waals surface area (Å²) in [5.74, 6) is -0.212. The number of carbonyl (C=O) groups is 1. The van der Waals surface area contributed by atoms with E-state index in [1.54, 1.807) is 11.9 Å². The quantitative estimate of drug-likeness (QED) is 0.727. The van der Waals surface area contributed by atoms with E-state index in [0.717, 1.165) is 19.5 Å². The van der Waals surface area contributed by atoms with Crippen molar-refractivity contribution in [2.24, 2.45) is 0 Å². The number of nitrogens with one attached hydrogen (secondary N) is 2. The maximum Gasteiger partial charge on any atom is 0.259 e. The minimum absolute atomic E-state index is 0.187. The fourth-order valence-electron chi connectivity index (χ4n) is 1.91. The summed E-state index contributed by atoms with van der Waals surface area (Å²) in [5, 5.41) is 3.19. The van der Waals surface area contributed by atoms with Gasteiger partial charge in [0.2, 0.25) is 0 Å². The lowest BCUT2D eigenvalue weighted by Gasteiger charge is -2.23. The minimum atomic E-state index is -0.235.